The highest BCUT2D eigenvalue weighted by Crippen LogP contribution is 2.50. The van der Waals surface area contributed by atoms with E-state index in [2.05, 4.69) is 16.6 Å². The molecule has 7 heteroatoms. The molecule has 180 valence electrons. The van der Waals surface area contributed by atoms with Gasteiger partial charge >= 0.3 is 0 Å². The predicted octanol–water partition coefficient (Wildman–Crippen LogP) is 5.72. The first kappa shape index (κ1) is 23.3. The second kappa shape index (κ2) is 8.98. The molecule has 3 aromatic carbocycles. The number of nitrogens with one attached hydrogen (secondary N) is 2. The number of hydrogen-bond donors (Lipinski definition) is 2. The summed E-state index contributed by atoms with van der Waals surface area (Å²) in [5.41, 5.74) is 6.04. The fourth-order valence-corrected chi connectivity index (χ4v) is 6.02. The molecule has 0 aromatic heterocycles. The minimum absolute atomic E-state index is 0.000927. The number of anilines is 2. The van der Waals surface area contributed by atoms with Crippen LogP contribution in [0.25, 0.3) is 0 Å². The van der Waals surface area contributed by atoms with Crippen LogP contribution in [0, 0.1) is 19.8 Å². The molecule has 3 unspecified atom stereocenters. The van der Waals surface area contributed by atoms with Crippen LogP contribution in [0.3, 0.4) is 0 Å². The summed E-state index contributed by atoms with van der Waals surface area (Å²) in [6, 6.07) is 18.2. The van der Waals surface area contributed by atoms with Gasteiger partial charge in [-0.25, -0.2) is 8.42 Å². The Hall–Kier alpha value is -3.42. The fraction of sp³-hybridized carbons (Fsp3) is 0.250. The lowest BCUT2D eigenvalue weighted by Crippen LogP contribution is -2.29. The molecular formula is C28H28N2O4S. The molecule has 0 radical (unpaired) electrons. The molecule has 5 rings (SSSR count). The number of carbonyl (C=O) groups excluding carboxylic acids is 1. The van der Waals surface area contributed by atoms with Crippen molar-refractivity contribution in [3.8, 4) is 0 Å². The number of ketones is 1. The third-order valence-corrected chi connectivity index (χ3v) is 8.39. The Morgan fingerprint density at radius 3 is 2.54 bits per heavy atom. The van der Waals surface area contributed by atoms with Crippen LogP contribution in [0.15, 0.2) is 78.2 Å². The van der Waals surface area contributed by atoms with Gasteiger partial charge in [0.1, 0.15) is 0 Å². The first-order valence-electron chi connectivity index (χ1n) is 11.7. The van der Waals surface area contributed by atoms with Gasteiger partial charge in [-0.2, -0.15) is 0 Å². The molecule has 35 heavy (non-hydrogen) atoms. The van der Waals surface area contributed by atoms with Crippen molar-refractivity contribution in [3.05, 3.63) is 101 Å². The lowest BCUT2D eigenvalue weighted by molar-refractivity contribution is 0.0827. The van der Waals surface area contributed by atoms with Crippen molar-refractivity contribution in [1.29, 1.82) is 0 Å². The third kappa shape index (κ3) is 4.37. The van der Waals surface area contributed by atoms with E-state index < -0.39 is 10.0 Å². The molecule has 0 aliphatic carbocycles. The van der Waals surface area contributed by atoms with Crippen LogP contribution < -0.4 is 10.0 Å². The number of carbonyl (C=O) groups is 1. The van der Waals surface area contributed by atoms with Crippen LogP contribution in [-0.2, 0) is 14.8 Å². The van der Waals surface area contributed by atoms with Crippen LogP contribution in [0.5, 0.6) is 0 Å². The zero-order chi connectivity index (χ0) is 24.7. The molecule has 0 amide bonds. The number of rotatable bonds is 6. The van der Waals surface area contributed by atoms with Crippen molar-refractivity contribution >= 4 is 27.2 Å². The molecule has 6 nitrogen and oxygen atoms in total. The summed E-state index contributed by atoms with van der Waals surface area (Å²) in [6.07, 6.45) is 1.96. The lowest BCUT2D eigenvalue weighted by atomic mass is 9.81. The van der Waals surface area contributed by atoms with E-state index in [0.29, 0.717) is 17.9 Å². The molecular weight excluding hydrogens is 460 g/mol. The minimum Gasteiger partial charge on any atom is -0.378 e. The largest absolute Gasteiger partial charge is 0.378 e. The summed E-state index contributed by atoms with van der Waals surface area (Å²) in [7, 11) is -3.76. The molecule has 0 bridgehead atoms. The standard InChI is InChI=1S/C28H28N2O4S/c1-4-26(31)19-6-8-20(9-7-19)27-23-13-14-34-28(23)24-16-22(11-12-25(24)29-27)35(32,33)30-21-10-5-17(2)18(3)15-21/h4-12,15-16,23,27-30H,1,13-14H2,2-3H3. The van der Waals surface area contributed by atoms with Gasteiger partial charge in [0.05, 0.1) is 17.0 Å². The van der Waals surface area contributed by atoms with E-state index in [1.54, 1.807) is 18.2 Å². The van der Waals surface area contributed by atoms with Crippen molar-refractivity contribution in [2.75, 3.05) is 16.6 Å². The summed E-state index contributed by atoms with van der Waals surface area (Å²) in [4.78, 5) is 12.1. The number of fused-ring (bicyclic) bond motifs is 3. The lowest BCUT2D eigenvalue weighted by Gasteiger charge is -2.36. The van der Waals surface area contributed by atoms with Gasteiger partial charge in [-0.1, -0.05) is 36.9 Å². The maximum atomic E-state index is 13.2. The highest BCUT2D eigenvalue weighted by atomic mass is 32.2. The molecule has 1 fully saturated rings. The first-order chi connectivity index (χ1) is 16.8. The average Bonchev–Trinajstić information content (AvgIpc) is 3.35. The zero-order valence-corrected chi connectivity index (χ0v) is 20.6. The topological polar surface area (TPSA) is 84.5 Å². The molecule has 2 aliphatic rings. The van der Waals surface area contributed by atoms with E-state index in [-0.39, 0.29) is 28.7 Å². The monoisotopic (exact) mass is 488 g/mol. The van der Waals surface area contributed by atoms with E-state index in [1.807, 2.05) is 56.3 Å². The first-order valence-corrected chi connectivity index (χ1v) is 13.1. The van der Waals surface area contributed by atoms with Crippen molar-refractivity contribution < 1.29 is 17.9 Å². The maximum Gasteiger partial charge on any atom is 0.261 e. The Labute approximate surface area is 206 Å². The van der Waals surface area contributed by atoms with E-state index in [0.717, 1.165) is 34.4 Å². The van der Waals surface area contributed by atoms with Gasteiger partial charge in [-0.15, -0.1) is 0 Å². The van der Waals surface area contributed by atoms with E-state index >= 15 is 0 Å². The number of benzene rings is 3. The molecule has 1 saturated heterocycles. The van der Waals surface area contributed by atoms with Crippen LogP contribution in [0.2, 0.25) is 0 Å². The van der Waals surface area contributed by atoms with Gasteiger partial charge in [-0.05, 0) is 73.4 Å². The van der Waals surface area contributed by atoms with E-state index in [1.165, 1.54) is 6.08 Å². The van der Waals surface area contributed by atoms with Gasteiger partial charge < -0.3 is 10.1 Å². The van der Waals surface area contributed by atoms with E-state index in [4.69, 9.17) is 4.74 Å². The highest BCUT2D eigenvalue weighted by Gasteiger charge is 2.42. The van der Waals surface area contributed by atoms with Crippen LogP contribution in [-0.4, -0.2) is 20.8 Å². The van der Waals surface area contributed by atoms with Gasteiger partial charge in [0, 0.05) is 35.0 Å². The SMILES string of the molecule is C=CC(=O)c1ccc(C2Nc3ccc(S(=O)(=O)Nc4ccc(C)c(C)c4)cc3C3OCCC23)cc1. The van der Waals surface area contributed by atoms with Gasteiger partial charge in [0.15, 0.2) is 5.78 Å². The molecule has 3 atom stereocenters. The van der Waals surface area contributed by atoms with Crippen molar-refractivity contribution in [1.82, 2.24) is 0 Å². The fourth-order valence-electron chi connectivity index (χ4n) is 4.94. The van der Waals surface area contributed by atoms with Crippen LogP contribution in [0.4, 0.5) is 11.4 Å². The van der Waals surface area contributed by atoms with Crippen molar-refractivity contribution in [2.24, 2.45) is 5.92 Å². The Morgan fingerprint density at radius 1 is 1.06 bits per heavy atom. The quantitative estimate of drug-likeness (QED) is 0.343. The van der Waals surface area contributed by atoms with Gasteiger partial charge in [0.2, 0.25) is 0 Å². The Bertz CT molecular complexity index is 1410. The molecule has 0 saturated carbocycles. The van der Waals surface area contributed by atoms with E-state index in [9.17, 15) is 13.2 Å². The predicted molar refractivity (Wildman–Crippen MR) is 137 cm³/mol. The van der Waals surface area contributed by atoms with Gasteiger partial charge in [-0.3, -0.25) is 9.52 Å². The normalized spacial score (nSPS) is 20.9. The number of ether oxygens (including phenoxy) is 1. The molecule has 2 aliphatic heterocycles. The van der Waals surface area contributed by atoms with Crippen LogP contribution in [0.1, 0.15) is 51.2 Å². The number of hydrogen-bond acceptors (Lipinski definition) is 5. The molecule has 3 aromatic rings. The molecule has 0 spiro atoms. The average molecular weight is 489 g/mol. The summed E-state index contributed by atoms with van der Waals surface area (Å²) >= 11 is 0. The summed E-state index contributed by atoms with van der Waals surface area (Å²) in [6.45, 7) is 8.10. The number of aryl methyl sites for hydroxylation is 2. The van der Waals surface area contributed by atoms with Crippen molar-refractivity contribution in [2.45, 2.75) is 37.3 Å². The molecule has 2 N–H and O–H groups in total. The van der Waals surface area contributed by atoms with Crippen molar-refractivity contribution in [3.63, 3.8) is 0 Å². The summed E-state index contributed by atoms with van der Waals surface area (Å²) < 4.78 is 35.1. The Morgan fingerprint density at radius 2 is 1.83 bits per heavy atom. The smallest absolute Gasteiger partial charge is 0.261 e. The number of allylic oxidation sites excluding steroid dienone is 1. The highest BCUT2D eigenvalue weighted by molar-refractivity contribution is 7.92. The third-order valence-electron chi connectivity index (χ3n) is 7.02. The van der Waals surface area contributed by atoms with Gasteiger partial charge in [0.25, 0.3) is 10.0 Å². The zero-order valence-electron chi connectivity index (χ0n) is 19.7. The number of sulfonamides is 1. The second-order valence-electron chi connectivity index (χ2n) is 9.21. The summed E-state index contributed by atoms with van der Waals surface area (Å²) in [5, 5.41) is 3.59. The molecule has 2 heterocycles. The second-order valence-corrected chi connectivity index (χ2v) is 10.9. The Balaban J connectivity index is 1.44. The maximum absolute atomic E-state index is 13.2. The Kier molecular flexibility index (Phi) is 5.99. The summed E-state index contributed by atoms with van der Waals surface area (Å²) in [5.74, 6) is 0.0397. The minimum atomic E-state index is -3.76. The van der Waals surface area contributed by atoms with Crippen LogP contribution >= 0.6 is 0 Å².